The quantitative estimate of drug-likeness (QED) is 0.887. The molecule has 0 radical (unpaired) electrons. The van der Waals surface area contributed by atoms with Gasteiger partial charge in [-0.2, -0.15) is 21.6 Å². The van der Waals surface area contributed by atoms with Crippen LogP contribution in [-0.4, -0.2) is 37.7 Å². The van der Waals surface area contributed by atoms with Crippen molar-refractivity contribution in [3.05, 3.63) is 24.4 Å². The number of ether oxygens (including phenoxy) is 1. The molecule has 2 fully saturated rings. The lowest BCUT2D eigenvalue weighted by molar-refractivity contribution is -0.197. The molecule has 0 aromatic carbocycles. The molecule has 10 heteroatoms. The van der Waals surface area contributed by atoms with Crippen LogP contribution in [0.3, 0.4) is 0 Å². The molecule has 0 aliphatic carbocycles. The Labute approximate surface area is 130 Å². The van der Waals surface area contributed by atoms with Crippen molar-refractivity contribution in [2.75, 3.05) is 0 Å². The number of fused-ring (bicyclic) bond motifs is 2. The summed E-state index contributed by atoms with van der Waals surface area (Å²) in [6.07, 6.45) is -4.90. The van der Waals surface area contributed by atoms with Crippen molar-refractivity contribution in [3.63, 3.8) is 0 Å². The SMILES string of the molecule is O=C(NS(=O)(=O)c1ccccn1)C1C2CCC(O2)C1C(F)(F)F. The number of alkyl halides is 3. The fourth-order valence-electron chi connectivity index (χ4n) is 3.19. The van der Waals surface area contributed by atoms with Crippen molar-refractivity contribution in [3.8, 4) is 0 Å². The first-order valence-electron chi connectivity index (χ1n) is 6.90. The molecule has 2 saturated heterocycles. The van der Waals surface area contributed by atoms with Crippen molar-refractivity contribution in [2.24, 2.45) is 11.8 Å². The Morgan fingerprint density at radius 2 is 1.96 bits per heavy atom. The van der Waals surface area contributed by atoms with Crippen LogP contribution >= 0.6 is 0 Å². The van der Waals surface area contributed by atoms with Gasteiger partial charge in [-0.15, -0.1) is 0 Å². The number of aromatic nitrogens is 1. The van der Waals surface area contributed by atoms with Crippen LogP contribution in [-0.2, 0) is 19.6 Å². The van der Waals surface area contributed by atoms with Crippen molar-refractivity contribution in [2.45, 2.75) is 36.3 Å². The summed E-state index contributed by atoms with van der Waals surface area (Å²) in [5.74, 6) is -4.75. The number of nitrogens with one attached hydrogen (secondary N) is 1. The number of nitrogens with zero attached hydrogens (tertiary/aromatic N) is 1. The Bertz CT molecular complexity index is 708. The zero-order valence-corrected chi connectivity index (χ0v) is 12.5. The van der Waals surface area contributed by atoms with Crippen LogP contribution in [0.25, 0.3) is 0 Å². The van der Waals surface area contributed by atoms with Gasteiger partial charge < -0.3 is 4.74 Å². The first kappa shape index (κ1) is 16.2. The van der Waals surface area contributed by atoms with Crippen LogP contribution in [0.1, 0.15) is 12.8 Å². The Kier molecular flexibility index (Phi) is 3.83. The predicted octanol–water partition coefficient (Wildman–Crippen LogP) is 1.24. The van der Waals surface area contributed by atoms with Gasteiger partial charge in [0.05, 0.1) is 24.0 Å². The molecule has 1 aromatic heterocycles. The highest BCUT2D eigenvalue weighted by Gasteiger charge is 2.62. The molecule has 0 spiro atoms. The number of halogens is 3. The lowest BCUT2D eigenvalue weighted by atomic mass is 9.78. The third-order valence-corrected chi connectivity index (χ3v) is 5.36. The Balaban J connectivity index is 1.83. The maximum atomic E-state index is 13.2. The van der Waals surface area contributed by atoms with E-state index < -0.39 is 51.2 Å². The van der Waals surface area contributed by atoms with Gasteiger partial charge in [-0.25, -0.2) is 9.71 Å². The van der Waals surface area contributed by atoms with E-state index in [2.05, 4.69) is 4.98 Å². The van der Waals surface area contributed by atoms with E-state index in [9.17, 15) is 26.4 Å². The van der Waals surface area contributed by atoms with Crippen LogP contribution in [0.15, 0.2) is 29.4 Å². The number of carbonyl (C=O) groups is 1. The maximum Gasteiger partial charge on any atom is 0.395 e. The lowest BCUT2D eigenvalue weighted by Gasteiger charge is -2.28. The molecule has 3 heterocycles. The minimum atomic E-state index is -4.63. The van der Waals surface area contributed by atoms with E-state index in [1.54, 1.807) is 4.72 Å². The van der Waals surface area contributed by atoms with E-state index in [-0.39, 0.29) is 6.42 Å². The van der Waals surface area contributed by atoms with Crippen molar-refractivity contribution in [1.29, 1.82) is 0 Å². The minimum absolute atomic E-state index is 0.214. The standard InChI is InChI=1S/C13H13F3N2O4S/c14-13(15,16)11-8-5-4-7(22-8)10(11)12(19)18-23(20,21)9-3-1-2-6-17-9/h1-3,6-8,10-11H,4-5H2,(H,18,19). The molecule has 126 valence electrons. The largest absolute Gasteiger partial charge is 0.395 e. The van der Waals surface area contributed by atoms with Gasteiger partial charge in [0.25, 0.3) is 10.0 Å². The molecular weight excluding hydrogens is 337 g/mol. The molecular formula is C13H13F3N2O4S. The van der Waals surface area contributed by atoms with Gasteiger partial charge in [0.15, 0.2) is 5.03 Å². The first-order valence-corrected chi connectivity index (χ1v) is 8.38. The summed E-state index contributed by atoms with van der Waals surface area (Å²) >= 11 is 0. The molecule has 2 bridgehead atoms. The van der Waals surface area contributed by atoms with E-state index in [0.29, 0.717) is 6.42 Å². The summed E-state index contributed by atoms with van der Waals surface area (Å²) in [7, 11) is -4.32. The van der Waals surface area contributed by atoms with Crippen LogP contribution in [0.2, 0.25) is 0 Å². The number of hydrogen-bond acceptors (Lipinski definition) is 5. The van der Waals surface area contributed by atoms with Gasteiger partial charge >= 0.3 is 6.18 Å². The average molecular weight is 350 g/mol. The van der Waals surface area contributed by atoms with Gasteiger partial charge in [0, 0.05) is 6.20 Å². The van der Waals surface area contributed by atoms with Crippen molar-refractivity contribution < 1.29 is 31.1 Å². The summed E-state index contributed by atoms with van der Waals surface area (Å²) in [6, 6.07) is 4.02. The maximum absolute atomic E-state index is 13.2. The zero-order chi connectivity index (χ0) is 16.8. The minimum Gasteiger partial charge on any atom is -0.373 e. The fourth-order valence-corrected chi connectivity index (χ4v) is 4.15. The average Bonchev–Trinajstić information content (AvgIpc) is 3.07. The summed E-state index contributed by atoms with van der Waals surface area (Å²) in [5.41, 5.74) is 0. The number of hydrogen-bond donors (Lipinski definition) is 1. The second kappa shape index (κ2) is 5.45. The molecule has 23 heavy (non-hydrogen) atoms. The number of amides is 1. The third kappa shape index (κ3) is 2.92. The normalized spacial score (nSPS) is 30.4. The molecule has 2 aliphatic heterocycles. The molecule has 0 saturated carbocycles. The number of pyridine rings is 1. The Hall–Kier alpha value is -1.68. The third-order valence-electron chi connectivity index (χ3n) is 4.10. The molecule has 1 N–H and O–H groups in total. The summed E-state index contributed by atoms with van der Waals surface area (Å²) in [6.45, 7) is 0. The van der Waals surface area contributed by atoms with E-state index >= 15 is 0 Å². The fraction of sp³-hybridized carbons (Fsp3) is 0.538. The van der Waals surface area contributed by atoms with Gasteiger partial charge in [-0.05, 0) is 25.0 Å². The van der Waals surface area contributed by atoms with E-state index in [1.165, 1.54) is 18.3 Å². The molecule has 6 nitrogen and oxygen atoms in total. The smallest absolute Gasteiger partial charge is 0.373 e. The van der Waals surface area contributed by atoms with E-state index in [0.717, 1.165) is 6.07 Å². The van der Waals surface area contributed by atoms with E-state index in [4.69, 9.17) is 4.74 Å². The second-order valence-corrected chi connectivity index (χ2v) is 7.15. The van der Waals surface area contributed by atoms with Crippen molar-refractivity contribution >= 4 is 15.9 Å². The highest BCUT2D eigenvalue weighted by atomic mass is 32.2. The lowest BCUT2D eigenvalue weighted by Crippen LogP contribution is -2.47. The number of rotatable bonds is 3. The summed E-state index contributed by atoms with van der Waals surface area (Å²) in [5, 5.41) is -0.430. The molecule has 1 aromatic rings. The molecule has 4 unspecified atom stereocenters. The highest BCUT2D eigenvalue weighted by Crippen LogP contribution is 2.50. The molecule has 1 amide bonds. The Morgan fingerprint density at radius 3 is 2.57 bits per heavy atom. The van der Waals surface area contributed by atoms with Gasteiger partial charge in [-0.1, -0.05) is 6.07 Å². The molecule has 3 rings (SSSR count). The highest BCUT2D eigenvalue weighted by molar-refractivity contribution is 7.90. The molecule has 2 aliphatic rings. The van der Waals surface area contributed by atoms with Crippen molar-refractivity contribution in [1.82, 2.24) is 9.71 Å². The Morgan fingerprint density at radius 1 is 1.26 bits per heavy atom. The number of sulfonamides is 1. The van der Waals surface area contributed by atoms with Crippen LogP contribution in [0.4, 0.5) is 13.2 Å². The van der Waals surface area contributed by atoms with Gasteiger partial charge in [0.2, 0.25) is 5.91 Å². The predicted molar refractivity (Wildman–Crippen MR) is 70.5 cm³/mol. The summed E-state index contributed by atoms with van der Waals surface area (Å²) in [4.78, 5) is 15.8. The van der Waals surface area contributed by atoms with E-state index in [1.807, 2.05) is 0 Å². The second-order valence-electron chi connectivity index (χ2n) is 5.52. The van der Waals surface area contributed by atoms with Gasteiger partial charge in [-0.3, -0.25) is 4.79 Å². The zero-order valence-electron chi connectivity index (χ0n) is 11.7. The van der Waals surface area contributed by atoms with Gasteiger partial charge in [0.1, 0.15) is 0 Å². The van der Waals surface area contributed by atoms with Crippen LogP contribution < -0.4 is 4.72 Å². The van der Waals surface area contributed by atoms with Crippen LogP contribution in [0, 0.1) is 11.8 Å². The monoisotopic (exact) mass is 350 g/mol. The number of carbonyl (C=O) groups excluding carboxylic acids is 1. The topological polar surface area (TPSA) is 85.4 Å². The summed E-state index contributed by atoms with van der Waals surface area (Å²) < 4.78 is 70.4. The molecule has 4 atom stereocenters. The first-order chi connectivity index (χ1) is 10.7. The van der Waals surface area contributed by atoms with Crippen LogP contribution in [0.5, 0.6) is 0 Å².